The zero-order valence-electron chi connectivity index (χ0n) is 14.3. The average molecular weight is 340 g/mol. The Labute approximate surface area is 146 Å². The van der Waals surface area contributed by atoms with Crippen molar-refractivity contribution in [2.24, 2.45) is 0 Å². The lowest BCUT2D eigenvalue weighted by molar-refractivity contribution is -0.125. The van der Waals surface area contributed by atoms with Gasteiger partial charge in [0.1, 0.15) is 18.0 Å². The normalized spacial score (nSPS) is 14.2. The van der Waals surface area contributed by atoms with Crippen molar-refractivity contribution in [3.63, 3.8) is 0 Å². The molecule has 0 radical (unpaired) electrons. The maximum Gasteiger partial charge on any atom is 0.327 e. The number of urea groups is 1. The number of benzene rings is 2. The number of nitrogens with zero attached hydrogens (tertiary/aromatic N) is 2. The Kier molecular flexibility index (Phi) is 4.88. The van der Waals surface area contributed by atoms with Crippen molar-refractivity contribution in [2.45, 2.75) is 13.1 Å². The number of hydrogen-bond acceptors (Lipinski definition) is 4. The predicted molar refractivity (Wildman–Crippen MR) is 92.3 cm³/mol. The van der Waals surface area contributed by atoms with E-state index in [9.17, 15) is 9.59 Å². The van der Waals surface area contributed by atoms with E-state index in [1.165, 1.54) is 4.90 Å². The molecule has 0 saturated carbocycles. The van der Waals surface area contributed by atoms with Crippen LogP contribution in [0.3, 0.4) is 0 Å². The fraction of sp³-hybridized carbons (Fsp3) is 0.263. The minimum atomic E-state index is -0.267. The maximum absolute atomic E-state index is 12.6. The van der Waals surface area contributed by atoms with E-state index < -0.39 is 0 Å². The van der Waals surface area contributed by atoms with Crippen LogP contribution in [-0.4, -0.2) is 42.5 Å². The molecule has 130 valence electrons. The van der Waals surface area contributed by atoms with Crippen LogP contribution in [0.1, 0.15) is 11.1 Å². The highest BCUT2D eigenvalue weighted by molar-refractivity contribution is 6.01. The van der Waals surface area contributed by atoms with Gasteiger partial charge in [-0.05, 0) is 35.4 Å². The highest BCUT2D eigenvalue weighted by Crippen LogP contribution is 2.20. The van der Waals surface area contributed by atoms with Gasteiger partial charge in [-0.2, -0.15) is 0 Å². The van der Waals surface area contributed by atoms with Gasteiger partial charge < -0.3 is 14.4 Å². The van der Waals surface area contributed by atoms with Gasteiger partial charge in [-0.15, -0.1) is 0 Å². The van der Waals surface area contributed by atoms with E-state index in [2.05, 4.69) is 0 Å². The molecular formula is C19H20N2O4. The van der Waals surface area contributed by atoms with E-state index in [0.717, 1.165) is 22.6 Å². The van der Waals surface area contributed by atoms with Crippen LogP contribution in [0.4, 0.5) is 4.79 Å². The van der Waals surface area contributed by atoms with Gasteiger partial charge >= 0.3 is 6.03 Å². The van der Waals surface area contributed by atoms with Gasteiger partial charge in [-0.25, -0.2) is 4.79 Å². The molecule has 0 aliphatic carbocycles. The molecule has 2 aromatic carbocycles. The summed E-state index contributed by atoms with van der Waals surface area (Å²) in [5, 5.41) is 0. The molecule has 6 nitrogen and oxygen atoms in total. The molecule has 3 rings (SSSR count). The molecule has 0 atom stereocenters. The molecule has 3 amide bonds. The van der Waals surface area contributed by atoms with Crippen LogP contribution in [0, 0.1) is 0 Å². The van der Waals surface area contributed by atoms with E-state index in [-0.39, 0.29) is 25.0 Å². The number of carbonyl (C=O) groups excluding carboxylic acids is 2. The zero-order chi connectivity index (χ0) is 17.8. The molecular weight excluding hydrogens is 320 g/mol. The van der Waals surface area contributed by atoms with Crippen molar-refractivity contribution in [1.82, 2.24) is 9.80 Å². The Morgan fingerprint density at radius 1 is 0.800 bits per heavy atom. The minimum Gasteiger partial charge on any atom is -0.497 e. The van der Waals surface area contributed by atoms with Crippen molar-refractivity contribution >= 4 is 11.9 Å². The molecule has 1 aliphatic rings. The first-order chi connectivity index (χ1) is 12.1. The molecule has 1 aliphatic heterocycles. The van der Waals surface area contributed by atoms with Crippen molar-refractivity contribution in [3.8, 4) is 11.5 Å². The molecule has 0 unspecified atom stereocenters. The van der Waals surface area contributed by atoms with Crippen LogP contribution >= 0.6 is 0 Å². The van der Waals surface area contributed by atoms with E-state index >= 15 is 0 Å². The van der Waals surface area contributed by atoms with Crippen molar-refractivity contribution in [1.29, 1.82) is 0 Å². The molecule has 1 heterocycles. The van der Waals surface area contributed by atoms with Crippen LogP contribution in [0.25, 0.3) is 0 Å². The van der Waals surface area contributed by atoms with Crippen LogP contribution in [-0.2, 0) is 17.9 Å². The molecule has 25 heavy (non-hydrogen) atoms. The molecule has 6 heteroatoms. The standard InChI is InChI=1S/C19H20N2O4/c1-24-16-7-3-14(4-8-16)11-20-13-18(22)21(19(20)23)12-15-5-9-17(25-2)10-6-15/h3-10H,11-13H2,1-2H3. The summed E-state index contributed by atoms with van der Waals surface area (Å²) in [5.74, 6) is 1.31. The van der Waals surface area contributed by atoms with E-state index in [1.54, 1.807) is 19.1 Å². The number of rotatable bonds is 6. The zero-order valence-corrected chi connectivity index (χ0v) is 14.3. The lowest BCUT2D eigenvalue weighted by atomic mass is 10.2. The first-order valence-corrected chi connectivity index (χ1v) is 7.96. The highest BCUT2D eigenvalue weighted by Gasteiger charge is 2.35. The number of hydrogen-bond donors (Lipinski definition) is 0. The van der Waals surface area contributed by atoms with E-state index in [4.69, 9.17) is 9.47 Å². The largest absolute Gasteiger partial charge is 0.497 e. The highest BCUT2D eigenvalue weighted by atomic mass is 16.5. The third-order valence-corrected chi connectivity index (χ3v) is 4.16. The van der Waals surface area contributed by atoms with Gasteiger partial charge in [-0.1, -0.05) is 24.3 Å². The first-order valence-electron chi connectivity index (χ1n) is 7.96. The first kappa shape index (κ1) is 16.8. The Hall–Kier alpha value is -3.02. The van der Waals surface area contributed by atoms with Gasteiger partial charge in [0, 0.05) is 6.54 Å². The second-order valence-corrected chi connectivity index (χ2v) is 5.81. The molecule has 1 saturated heterocycles. The summed E-state index contributed by atoms with van der Waals surface area (Å²) >= 11 is 0. The average Bonchev–Trinajstić information content (AvgIpc) is 2.90. The van der Waals surface area contributed by atoms with Crippen molar-refractivity contribution in [3.05, 3.63) is 59.7 Å². The molecule has 0 spiro atoms. The smallest absolute Gasteiger partial charge is 0.327 e. The van der Waals surface area contributed by atoms with Crippen molar-refractivity contribution < 1.29 is 19.1 Å². The van der Waals surface area contributed by atoms with Crippen LogP contribution < -0.4 is 9.47 Å². The van der Waals surface area contributed by atoms with E-state index in [1.807, 2.05) is 48.5 Å². The summed E-state index contributed by atoms with van der Waals surface area (Å²) in [5.41, 5.74) is 1.84. The van der Waals surface area contributed by atoms with Gasteiger partial charge in [-0.3, -0.25) is 9.69 Å². The second kappa shape index (κ2) is 7.25. The Morgan fingerprint density at radius 2 is 1.28 bits per heavy atom. The monoisotopic (exact) mass is 340 g/mol. The van der Waals surface area contributed by atoms with Crippen LogP contribution in [0.5, 0.6) is 11.5 Å². The topological polar surface area (TPSA) is 59.1 Å². The second-order valence-electron chi connectivity index (χ2n) is 5.81. The summed E-state index contributed by atoms with van der Waals surface area (Å²) in [7, 11) is 3.20. The lowest BCUT2D eigenvalue weighted by Crippen LogP contribution is -2.32. The van der Waals surface area contributed by atoms with Crippen molar-refractivity contribution in [2.75, 3.05) is 20.8 Å². The number of ether oxygens (including phenoxy) is 2. The molecule has 0 aromatic heterocycles. The van der Waals surface area contributed by atoms with Gasteiger partial charge in [0.05, 0.1) is 20.8 Å². The quantitative estimate of drug-likeness (QED) is 0.759. The Balaban J connectivity index is 1.66. The summed E-state index contributed by atoms with van der Waals surface area (Å²) in [6, 6.07) is 14.5. The SMILES string of the molecule is COc1ccc(CN2CC(=O)N(Cc3ccc(OC)cc3)C2=O)cc1. The summed E-state index contributed by atoms with van der Waals surface area (Å²) in [6.07, 6.45) is 0. The number of methoxy groups -OCH3 is 2. The summed E-state index contributed by atoms with van der Waals surface area (Å²) in [6.45, 7) is 0.759. The molecule has 2 aromatic rings. The molecule has 1 fully saturated rings. The van der Waals surface area contributed by atoms with Gasteiger partial charge in [0.15, 0.2) is 0 Å². The summed E-state index contributed by atoms with van der Waals surface area (Å²) < 4.78 is 10.2. The number of amides is 3. The lowest BCUT2D eigenvalue weighted by Gasteiger charge is -2.17. The molecule has 0 N–H and O–H groups in total. The third kappa shape index (κ3) is 3.74. The number of imide groups is 1. The van der Waals surface area contributed by atoms with E-state index in [0.29, 0.717) is 6.54 Å². The predicted octanol–water partition coefficient (Wildman–Crippen LogP) is 2.67. The minimum absolute atomic E-state index is 0.0982. The molecule has 0 bridgehead atoms. The van der Waals surface area contributed by atoms with Crippen LogP contribution in [0.2, 0.25) is 0 Å². The fourth-order valence-corrected chi connectivity index (χ4v) is 2.74. The maximum atomic E-state index is 12.6. The Morgan fingerprint density at radius 3 is 1.76 bits per heavy atom. The van der Waals surface area contributed by atoms with Gasteiger partial charge in [0.2, 0.25) is 0 Å². The Bertz CT molecular complexity index is 756. The third-order valence-electron chi connectivity index (χ3n) is 4.16. The number of carbonyl (C=O) groups is 2. The van der Waals surface area contributed by atoms with Gasteiger partial charge in [0.25, 0.3) is 5.91 Å². The fourth-order valence-electron chi connectivity index (χ4n) is 2.74. The summed E-state index contributed by atoms with van der Waals surface area (Å²) in [4.78, 5) is 27.6. The van der Waals surface area contributed by atoms with Crippen LogP contribution in [0.15, 0.2) is 48.5 Å².